The number of aromatic nitrogens is 1. The van der Waals surface area contributed by atoms with E-state index in [2.05, 4.69) is 27.4 Å². The lowest BCUT2D eigenvalue weighted by Crippen LogP contribution is -2.62. The summed E-state index contributed by atoms with van der Waals surface area (Å²) in [6.07, 6.45) is 2.97. The van der Waals surface area contributed by atoms with Gasteiger partial charge >= 0.3 is 12.1 Å². The fourth-order valence-electron chi connectivity index (χ4n) is 7.28. The molecule has 1 aromatic heterocycles. The zero-order chi connectivity index (χ0) is 34.8. The molecule has 1 saturated carbocycles. The van der Waals surface area contributed by atoms with Gasteiger partial charge in [-0.15, -0.1) is 0 Å². The number of likely N-dealkylation sites (tertiary alicyclic amines) is 1. The SMILES string of the molecule is CS(=O)(=O)c1ccc(NCC#Cc2cc3c(NC4CCC(N5CC6(CCOCC6)C5)CC4)cccc3n2CC(F)(F)F)c(OCC(=O)O)c1. The molecule has 49 heavy (non-hydrogen) atoms. The highest BCUT2D eigenvalue weighted by atomic mass is 32.2. The number of sulfone groups is 1. The molecule has 264 valence electrons. The lowest BCUT2D eigenvalue weighted by Gasteiger charge is -2.56. The van der Waals surface area contributed by atoms with Crippen LogP contribution in [0.25, 0.3) is 10.9 Å². The zero-order valence-corrected chi connectivity index (χ0v) is 28.1. The molecule has 0 amide bonds. The number of ether oxygens (including phenoxy) is 2. The van der Waals surface area contributed by atoms with Gasteiger partial charge in [0.25, 0.3) is 0 Å². The summed E-state index contributed by atoms with van der Waals surface area (Å²) < 4.78 is 77.2. The molecule has 3 fully saturated rings. The first kappa shape index (κ1) is 34.9. The molecule has 1 aliphatic carbocycles. The van der Waals surface area contributed by atoms with E-state index in [9.17, 15) is 26.4 Å². The minimum Gasteiger partial charge on any atom is -0.480 e. The van der Waals surface area contributed by atoms with E-state index in [4.69, 9.17) is 14.6 Å². The van der Waals surface area contributed by atoms with Crippen molar-refractivity contribution in [2.75, 3.05) is 56.3 Å². The Hall–Kier alpha value is -3.93. The highest BCUT2D eigenvalue weighted by molar-refractivity contribution is 7.90. The number of aliphatic carboxylic acids is 1. The lowest BCUT2D eigenvalue weighted by molar-refractivity contribution is -0.140. The first-order chi connectivity index (χ1) is 23.3. The molecule has 2 aliphatic heterocycles. The van der Waals surface area contributed by atoms with Crippen molar-refractivity contribution in [1.29, 1.82) is 0 Å². The van der Waals surface area contributed by atoms with E-state index >= 15 is 0 Å². The van der Waals surface area contributed by atoms with E-state index in [1.54, 1.807) is 18.2 Å². The normalized spacial score (nSPS) is 21.1. The van der Waals surface area contributed by atoms with Crippen LogP contribution >= 0.6 is 0 Å². The second-order valence-corrected chi connectivity index (χ2v) is 15.4. The summed E-state index contributed by atoms with van der Waals surface area (Å²) in [5, 5.41) is 16.3. The maximum atomic E-state index is 13.7. The second-order valence-electron chi connectivity index (χ2n) is 13.4. The minimum atomic E-state index is -4.47. The molecule has 10 nitrogen and oxygen atoms in total. The summed E-state index contributed by atoms with van der Waals surface area (Å²) >= 11 is 0. The Morgan fingerprint density at radius 2 is 1.82 bits per heavy atom. The third-order valence-corrected chi connectivity index (χ3v) is 10.9. The van der Waals surface area contributed by atoms with Gasteiger partial charge in [-0.1, -0.05) is 12.0 Å². The summed E-state index contributed by atoms with van der Waals surface area (Å²) in [4.78, 5) is 13.6. The van der Waals surface area contributed by atoms with Gasteiger partial charge in [-0.3, -0.25) is 4.90 Å². The number of hydrogen-bond donors (Lipinski definition) is 3. The highest BCUT2D eigenvalue weighted by Crippen LogP contribution is 2.43. The number of halogens is 3. The number of anilines is 2. The van der Waals surface area contributed by atoms with Gasteiger partial charge in [-0.05, 0) is 74.8 Å². The quantitative estimate of drug-likeness (QED) is 0.240. The van der Waals surface area contributed by atoms with Gasteiger partial charge in [0.05, 0.1) is 28.3 Å². The molecule has 1 spiro atoms. The van der Waals surface area contributed by atoms with Gasteiger partial charge in [0.2, 0.25) is 0 Å². The maximum Gasteiger partial charge on any atom is 0.406 e. The molecule has 2 saturated heterocycles. The summed E-state index contributed by atoms with van der Waals surface area (Å²) in [6.45, 7) is 2.10. The molecule has 2 aromatic carbocycles. The van der Waals surface area contributed by atoms with Crippen LogP contribution in [0.1, 0.15) is 44.2 Å². The van der Waals surface area contributed by atoms with E-state index in [-0.39, 0.29) is 34.6 Å². The number of benzene rings is 2. The number of nitrogens with zero attached hydrogens (tertiary/aromatic N) is 2. The van der Waals surface area contributed by atoms with Crippen molar-refractivity contribution in [3.05, 3.63) is 48.2 Å². The lowest BCUT2D eigenvalue weighted by atomic mass is 9.71. The Morgan fingerprint density at radius 3 is 2.49 bits per heavy atom. The molecule has 6 rings (SSSR count). The number of fused-ring (bicyclic) bond motifs is 1. The van der Waals surface area contributed by atoms with Crippen molar-refractivity contribution in [2.24, 2.45) is 5.41 Å². The van der Waals surface area contributed by atoms with Gasteiger partial charge in [-0.2, -0.15) is 13.2 Å². The maximum absolute atomic E-state index is 13.7. The van der Waals surface area contributed by atoms with Crippen LogP contribution in [0.15, 0.2) is 47.4 Å². The predicted molar refractivity (Wildman–Crippen MR) is 180 cm³/mol. The topological polar surface area (TPSA) is 122 Å². The average Bonchev–Trinajstić information content (AvgIpc) is 3.38. The van der Waals surface area contributed by atoms with E-state index in [0.717, 1.165) is 76.8 Å². The average molecular weight is 703 g/mol. The molecule has 3 N–H and O–H groups in total. The molecule has 0 bridgehead atoms. The Kier molecular flexibility index (Phi) is 10.1. The fourth-order valence-corrected chi connectivity index (χ4v) is 7.91. The summed E-state index contributed by atoms with van der Waals surface area (Å²) in [6, 6.07) is 11.8. The van der Waals surface area contributed by atoms with Crippen LogP contribution in [0.2, 0.25) is 0 Å². The minimum absolute atomic E-state index is 0.00354. The highest BCUT2D eigenvalue weighted by Gasteiger charge is 2.46. The number of nitrogens with one attached hydrogen (secondary N) is 2. The molecule has 0 unspecified atom stereocenters. The number of carboxylic acid groups (broad SMARTS) is 1. The van der Waals surface area contributed by atoms with Crippen LogP contribution < -0.4 is 15.4 Å². The molecule has 14 heteroatoms. The molecule has 0 atom stereocenters. The molecule has 3 aliphatic rings. The fraction of sp³-hybridized carbons (Fsp3) is 0.514. The van der Waals surface area contributed by atoms with Crippen LogP contribution in [0, 0.1) is 17.3 Å². The van der Waals surface area contributed by atoms with Crippen molar-refractivity contribution < 1.29 is 41.0 Å². The van der Waals surface area contributed by atoms with Crippen molar-refractivity contribution in [2.45, 2.75) is 68.2 Å². The Balaban J connectivity index is 1.15. The number of carboxylic acids is 1. The Morgan fingerprint density at radius 1 is 1.08 bits per heavy atom. The number of rotatable bonds is 10. The third kappa shape index (κ3) is 8.45. The van der Waals surface area contributed by atoms with E-state index in [0.29, 0.717) is 22.4 Å². The van der Waals surface area contributed by atoms with Crippen LogP contribution in [0.3, 0.4) is 0 Å². The molecule has 0 radical (unpaired) electrons. The van der Waals surface area contributed by atoms with Crippen molar-refractivity contribution in [1.82, 2.24) is 9.47 Å². The third-order valence-electron chi connectivity index (χ3n) is 9.80. The molecule has 3 heterocycles. The molecular formula is C35H41F3N4O6S. The molecular weight excluding hydrogens is 661 g/mol. The van der Waals surface area contributed by atoms with Crippen molar-refractivity contribution >= 4 is 38.1 Å². The van der Waals surface area contributed by atoms with E-state index < -0.39 is 35.1 Å². The predicted octanol–water partition coefficient (Wildman–Crippen LogP) is 5.37. The Labute approximate surface area is 283 Å². The van der Waals surface area contributed by atoms with Crippen LogP contribution in [0.5, 0.6) is 5.75 Å². The van der Waals surface area contributed by atoms with Crippen molar-refractivity contribution in [3.63, 3.8) is 0 Å². The number of hydrogen-bond acceptors (Lipinski definition) is 8. The summed E-state index contributed by atoms with van der Waals surface area (Å²) in [5.41, 5.74) is 2.13. The largest absolute Gasteiger partial charge is 0.480 e. The van der Waals surface area contributed by atoms with Gasteiger partial charge < -0.3 is 29.8 Å². The van der Waals surface area contributed by atoms with E-state index in [1.165, 1.54) is 22.8 Å². The number of carbonyl (C=O) groups is 1. The molecule has 3 aromatic rings. The van der Waals surface area contributed by atoms with Crippen molar-refractivity contribution in [3.8, 4) is 17.6 Å². The van der Waals surface area contributed by atoms with Gasteiger partial charge in [0.15, 0.2) is 16.4 Å². The Bertz CT molecular complexity index is 1840. The van der Waals surface area contributed by atoms with Gasteiger partial charge in [0, 0.05) is 67.2 Å². The standard InChI is InChI=1S/C35H41F3N4O6S/c1-49(45,46)27-11-12-30(32(19-27)48-20-33(43)44)39-15-3-4-26-18-28-29(5-2-6-31(28)42(26)23-35(36,37)38)40-24-7-9-25(10-8-24)41-21-34(22-41)13-16-47-17-14-34/h2,5-6,11-12,18-19,24-25,39-40H,7-10,13-17,20-23H2,1H3,(H,43,44). The van der Waals surface area contributed by atoms with Gasteiger partial charge in [0.1, 0.15) is 12.3 Å². The first-order valence-electron chi connectivity index (χ1n) is 16.5. The smallest absolute Gasteiger partial charge is 0.406 e. The summed E-state index contributed by atoms with van der Waals surface area (Å²) in [5.74, 6) is 4.47. The number of alkyl halides is 3. The van der Waals surface area contributed by atoms with Crippen LogP contribution in [-0.2, 0) is 25.9 Å². The monoisotopic (exact) mass is 702 g/mol. The summed E-state index contributed by atoms with van der Waals surface area (Å²) in [7, 11) is -3.59. The van der Waals surface area contributed by atoms with Gasteiger partial charge in [-0.25, -0.2) is 13.2 Å². The first-order valence-corrected chi connectivity index (χ1v) is 18.4. The van der Waals surface area contributed by atoms with E-state index in [1.807, 2.05) is 6.07 Å². The zero-order valence-electron chi connectivity index (χ0n) is 27.3. The second kappa shape index (κ2) is 14.1. The van der Waals surface area contributed by atoms with Crippen LogP contribution in [0.4, 0.5) is 24.5 Å². The van der Waals surface area contributed by atoms with Crippen LogP contribution in [-0.4, -0.2) is 92.9 Å².